The highest BCUT2D eigenvalue weighted by molar-refractivity contribution is 7.91. The fourth-order valence-corrected chi connectivity index (χ4v) is 5.74. The van der Waals surface area contributed by atoms with Crippen LogP contribution < -0.4 is 0 Å². The van der Waals surface area contributed by atoms with E-state index in [4.69, 9.17) is 34.8 Å². The summed E-state index contributed by atoms with van der Waals surface area (Å²) in [5.74, 6) is 0.989. The minimum atomic E-state index is -2.96. The van der Waals surface area contributed by atoms with E-state index in [1.165, 1.54) is 0 Å². The third-order valence-electron chi connectivity index (χ3n) is 4.03. The van der Waals surface area contributed by atoms with Crippen LogP contribution in [0.4, 0.5) is 0 Å². The van der Waals surface area contributed by atoms with Crippen LogP contribution >= 0.6 is 34.8 Å². The minimum Gasteiger partial charge on any atom is -0.263 e. The summed E-state index contributed by atoms with van der Waals surface area (Å²) in [4.78, 5) is 3.95. The summed E-state index contributed by atoms with van der Waals surface area (Å²) >= 11 is 18.5. The molecule has 0 saturated carbocycles. The fourth-order valence-electron chi connectivity index (χ4n) is 2.70. The Kier molecular flexibility index (Phi) is 5.22. The number of rotatable bonds is 5. The molecule has 0 radical (unpaired) electrons. The predicted octanol–water partition coefficient (Wildman–Crippen LogP) is 3.18. The van der Waals surface area contributed by atoms with E-state index in [-0.39, 0.29) is 17.4 Å². The van der Waals surface area contributed by atoms with Crippen LogP contribution in [0.25, 0.3) is 0 Å². The van der Waals surface area contributed by atoms with Crippen LogP contribution in [0.3, 0.4) is 0 Å². The van der Waals surface area contributed by atoms with Crippen molar-refractivity contribution < 1.29 is 8.42 Å². The molecule has 2 heterocycles. The second-order valence-electron chi connectivity index (χ2n) is 5.37. The Balaban J connectivity index is 2.29. The smallest absolute Gasteiger partial charge is 0.150 e. The van der Waals surface area contributed by atoms with Crippen LogP contribution in [0, 0.1) is 11.3 Å². The van der Waals surface area contributed by atoms with Gasteiger partial charge in [0, 0.05) is 29.6 Å². The number of hydrogen-bond acceptors (Lipinski definition) is 3. The van der Waals surface area contributed by atoms with Gasteiger partial charge in [-0.1, -0.05) is 11.6 Å². The Bertz CT molecular complexity index is 573. The molecule has 0 N–H and O–H groups in total. The van der Waals surface area contributed by atoms with Crippen LogP contribution in [-0.2, 0) is 16.3 Å². The zero-order valence-electron chi connectivity index (χ0n) is 10.9. The first kappa shape index (κ1) is 16.3. The van der Waals surface area contributed by atoms with Gasteiger partial charge in [0.1, 0.15) is 0 Å². The van der Waals surface area contributed by atoms with E-state index in [0.717, 1.165) is 5.56 Å². The van der Waals surface area contributed by atoms with Gasteiger partial charge >= 0.3 is 0 Å². The Morgan fingerprint density at radius 1 is 1.35 bits per heavy atom. The van der Waals surface area contributed by atoms with Crippen molar-refractivity contribution in [3.8, 4) is 0 Å². The number of hydrogen-bond donors (Lipinski definition) is 0. The molecule has 1 aromatic heterocycles. The molecule has 1 fully saturated rings. The van der Waals surface area contributed by atoms with Gasteiger partial charge in [-0.25, -0.2) is 8.42 Å². The number of halogens is 3. The monoisotopic (exact) mass is 355 g/mol. The van der Waals surface area contributed by atoms with E-state index >= 15 is 0 Å². The first-order valence-electron chi connectivity index (χ1n) is 6.33. The quantitative estimate of drug-likeness (QED) is 0.761. The second kappa shape index (κ2) is 6.39. The van der Waals surface area contributed by atoms with E-state index in [0.29, 0.717) is 29.6 Å². The first-order valence-corrected chi connectivity index (χ1v) is 9.60. The van der Waals surface area contributed by atoms with Crippen molar-refractivity contribution in [1.29, 1.82) is 0 Å². The lowest BCUT2D eigenvalue weighted by atomic mass is 9.74. The van der Waals surface area contributed by atoms with Crippen molar-refractivity contribution in [3.05, 3.63) is 29.0 Å². The van der Waals surface area contributed by atoms with Gasteiger partial charge in [0.05, 0.1) is 16.5 Å². The molecular weight excluding hydrogens is 341 g/mol. The van der Waals surface area contributed by atoms with Crippen LogP contribution in [0.15, 0.2) is 18.5 Å². The van der Waals surface area contributed by atoms with Gasteiger partial charge in [-0.15, -0.1) is 23.2 Å². The molecule has 1 aliphatic heterocycles. The van der Waals surface area contributed by atoms with Crippen LogP contribution in [0.2, 0.25) is 5.02 Å². The Morgan fingerprint density at radius 2 is 2.05 bits per heavy atom. The number of sulfone groups is 1. The zero-order valence-corrected chi connectivity index (χ0v) is 13.9. The maximum Gasteiger partial charge on any atom is 0.150 e. The molecule has 1 saturated heterocycles. The Morgan fingerprint density at radius 3 is 2.55 bits per heavy atom. The normalized spacial score (nSPS) is 22.1. The number of alkyl halides is 2. The second-order valence-corrected chi connectivity index (χ2v) is 8.54. The van der Waals surface area contributed by atoms with Gasteiger partial charge in [0.15, 0.2) is 9.84 Å². The van der Waals surface area contributed by atoms with Crippen LogP contribution in [-0.4, -0.2) is 36.7 Å². The van der Waals surface area contributed by atoms with E-state index in [1.54, 1.807) is 12.4 Å². The number of pyridine rings is 1. The SMILES string of the molecule is O=S1(=O)CCC(C(CCl)(CCl)Cc2ccncc2Cl)C1. The van der Waals surface area contributed by atoms with Crippen molar-refractivity contribution >= 4 is 44.6 Å². The molecule has 1 aromatic rings. The molecule has 20 heavy (non-hydrogen) atoms. The van der Waals surface area contributed by atoms with E-state index < -0.39 is 15.3 Å². The molecule has 1 aliphatic rings. The summed E-state index contributed by atoms with van der Waals surface area (Å²) in [6.07, 6.45) is 4.43. The summed E-state index contributed by atoms with van der Waals surface area (Å²) in [5.41, 5.74) is 0.463. The number of nitrogens with zero attached hydrogens (tertiary/aromatic N) is 1. The summed E-state index contributed by atoms with van der Waals surface area (Å²) in [6.45, 7) is 0. The molecular formula is C13H16Cl3NO2S. The Labute approximate surface area is 134 Å². The molecule has 0 amide bonds. The molecule has 112 valence electrons. The molecule has 7 heteroatoms. The van der Waals surface area contributed by atoms with E-state index in [9.17, 15) is 8.42 Å². The molecule has 0 spiro atoms. The third kappa shape index (κ3) is 3.41. The van der Waals surface area contributed by atoms with Crippen molar-refractivity contribution in [2.24, 2.45) is 11.3 Å². The van der Waals surface area contributed by atoms with Gasteiger partial charge in [-0.05, 0) is 30.4 Å². The van der Waals surface area contributed by atoms with Gasteiger partial charge in [-0.2, -0.15) is 0 Å². The summed E-state index contributed by atoms with van der Waals surface area (Å²) in [7, 11) is -2.96. The first-order chi connectivity index (χ1) is 9.42. The largest absolute Gasteiger partial charge is 0.263 e. The average molecular weight is 357 g/mol. The molecule has 3 nitrogen and oxygen atoms in total. The standard InChI is InChI=1S/C13H16Cl3NO2S/c14-8-13(9-15,11-2-4-20(18,19)7-11)5-10-1-3-17-6-12(10)16/h1,3,6,11H,2,4-5,7-9H2. The van der Waals surface area contributed by atoms with Crippen LogP contribution in [0.5, 0.6) is 0 Å². The lowest BCUT2D eigenvalue weighted by Crippen LogP contribution is -2.37. The van der Waals surface area contributed by atoms with Crippen molar-refractivity contribution in [1.82, 2.24) is 4.98 Å². The molecule has 0 bridgehead atoms. The topological polar surface area (TPSA) is 47.0 Å². The van der Waals surface area contributed by atoms with Gasteiger partial charge in [0.25, 0.3) is 0 Å². The highest BCUT2D eigenvalue weighted by atomic mass is 35.5. The third-order valence-corrected chi connectivity index (χ3v) is 7.20. The van der Waals surface area contributed by atoms with Crippen LogP contribution in [0.1, 0.15) is 12.0 Å². The van der Waals surface area contributed by atoms with E-state index in [1.807, 2.05) is 6.07 Å². The molecule has 1 unspecified atom stereocenters. The zero-order chi connectivity index (χ0) is 14.8. The summed E-state index contributed by atoms with van der Waals surface area (Å²) in [5, 5.41) is 0.563. The molecule has 0 aliphatic carbocycles. The van der Waals surface area contributed by atoms with Crippen molar-refractivity contribution in [2.75, 3.05) is 23.3 Å². The molecule has 0 aromatic carbocycles. The fraction of sp³-hybridized carbons (Fsp3) is 0.615. The summed E-state index contributed by atoms with van der Waals surface area (Å²) in [6, 6.07) is 1.83. The Hall–Kier alpha value is -0.0300. The summed E-state index contributed by atoms with van der Waals surface area (Å²) < 4.78 is 23.4. The predicted molar refractivity (Wildman–Crippen MR) is 83.6 cm³/mol. The van der Waals surface area contributed by atoms with Gasteiger partial charge < -0.3 is 0 Å². The van der Waals surface area contributed by atoms with E-state index in [2.05, 4.69) is 4.98 Å². The van der Waals surface area contributed by atoms with Gasteiger partial charge in [0.2, 0.25) is 0 Å². The lowest BCUT2D eigenvalue weighted by molar-refractivity contribution is 0.244. The van der Waals surface area contributed by atoms with Crippen molar-refractivity contribution in [2.45, 2.75) is 12.8 Å². The van der Waals surface area contributed by atoms with Gasteiger partial charge in [-0.3, -0.25) is 4.98 Å². The number of aromatic nitrogens is 1. The maximum atomic E-state index is 11.7. The maximum absolute atomic E-state index is 11.7. The molecule has 2 rings (SSSR count). The van der Waals surface area contributed by atoms with Crippen molar-refractivity contribution in [3.63, 3.8) is 0 Å². The highest BCUT2D eigenvalue weighted by Crippen LogP contribution is 2.41. The average Bonchev–Trinajstić information content (AvgIpc) is 2.79. The minimum absolute atomic E-state index is 0.0215. The highest BCUT2D eigenvalue weighted by Gasteiger charge is 2.44. The lowest BCUT2D eigenvalue weighted by Gasteiger charge is -2.35. The molecule has 1 atom stereocenters.